The maximum Gasteiger partial charge on any atom is 0.320 e. The summed E-state index contributed by atoms with van der Waals surface area (Å²) in [6.45, 7) is 1.61. The van der Waals surface area contributed by atoms with Gasteiger partial charge in [0, 0.05) is 37.5 Å². The Labute approximate surface area is 321 Å². The van der Waals surface area contributed by atoms with Crippen LogP contribution in [-0.4, -0.2) is 80.7 Å². The van der Waals surface area contributed by atoms with Gasteiger partial charge in [0.2, 0.25) is 5.91 Å². The standard InChI is InChI=1S/C31H58N2O8.C2H4S6/c32-28(31(38)39)20-15-16-22-33-29(35)26-41-25-24-40-23-17-19-27(34)18-13-11-9-7-5-3-1-2-4-6-8-10-12-14-21-30(36)37;3-1-5-6-2(4)7-8-2/h28H,1-26,32H2,(H,33,35)(H,36,37)(H,38,39);3-4H,1H2/t28-;/m0./s1. The van der Waals surface area contributed by atoms with E-state index in [0.717, 1.165) is 37.2 Å². The number of carbonyl (C=O) groups is 4. The number of hydrogen-bond acceptors (Lipinski definition) is 13. The highest BCUT2D eigenvalue weighted by molar-refractivity contribution is 9.07. The molecular formula is C33H62N2O8S6. The summed E-state index contributed by atoms with van der Waals surface area (Å²) in [5, 5.41) is 20.9. The second-order valence-electron chi connectivity index (χ2n) is 12.0. The molecule has 0 aromatic carbocycles. The minimum atomic E-state index is -1.01. The molecule has 10 nitrogen and oxygen atoms in total. The molecule has 0 saturated carbocycles. The van der Waals surface area contributed by atoms with Gasteiger partial charge in [-0.25, -0.2) is 0 Å². The fraction of sp³-hybridized carbons (Fsp3) is 0.879. The number of rotatable bonds is 35. The van der Waals surface area contributed by atoms with Gasteiger partial charge in [0.05, 0.1) is 13.2 Å². The van der Waals surface area contributed by atoms with Crippen molar-refractivity contribution < 1.29 is 38.9 Å². The molecule has 1 fully saturated rings. The van der Waals surface area contributed by atoms with Gasteiger partial charge in [-0.15, -0.1) is 12.6 Å². The maximum atomic E-state index is 12.0. The molecule has 1 amide bonds. The molecule has 1 rings (SSSR count). The van der Waals surface area contributed by atoms with Crippen LogP contribution in [0, 0.1) is 0 Å². The first-order chi connectivity index (χ1) is 23.6. The van der Waals surface area contributed by atoms with Gasteiger partial charge in [0.25, 0.3) is 0 Å². The molecule has 49 heavy (non-hydrogen) atoms. The molecular weight excluding hydrogens is 745 g/mol. The first-order valence-corrected chi connectivity index (χ1v) is 23.3. The highest BCUT2D eigenvalue weighted by Crippen LogP contribution is 2.75. The number of amides is 1. The monoisotopic (exact) mass is 806 g/mol. The van der Waals surface area contributed by atoms with Crippen molar-refractivity contribution in [3.05, 3.63) is 0 Å². The normalized spacial score (nSPS) is 13.7. The number of hydrogen-bond donors (Lipinski definition) is 6. The van der Waals surface area contributed by atoms with Crippen molar-refractivity contribution in [2.24, 2.45) is 5.73 Å². The third kappa shape index (κ3) is 37.6. The minimum Gasteiger partial charge on any atom is -0.481 e. The summed E-state index contributed by atoms with van der Waals surface area (Å²) < 4.78 is 10.9. The molecule has 288 valence electrons. The van der Waals surface area contributed by atoms with Crippen molar-refractivity contribution in [1.29, 1.82) is 0 Å². The molecule has 0 radical (unpaired) electrons. The third-order valence-electron chi connectivity index (χ3n) is 7.47. The van der Waals surface area contributed by atoms with E-state index in [1.54, 1.807) is 43.2 Å². The summed E-state index contributed by atoms with van der Waals surface area (Å²) in [7, 11) is 7.11. The molecule has 0 aromatic heterocycles. The molecule has 0 unspecified atom stereocenters. The summed E-state index contributed by atoms with van der Waals surface area (Å²) in [4.78, 5) is 44.8. The molecule has 16 heteroatoms. The molecule has 1 atom stereocenters. The second kappa shape index (κ2) is 35.1. The molecule has 0 bridgehead atoms. The van der Waals surface area contributed by atoms with Gasteiger partial charge >= 0.3 is 11.9 Å². The van der Waals surface area contributed by atoms with Gasteiger partial charge < -0.3 is 30.7 Å². The Kier molecular flexibility index (Phi) is 35.2. The zero-order valence-electron chi connectivity index (χ0n) is 29.1. The maximum absolute atomic E-state index is 12.0. The van der Waals surface area contributed by atoms with E-state index in [1.807, 2.05) is 0 Å². The molecule has 1 aliphatic heterocycles. The lowest BCUT2D eigenvalue weighted by molar-refractivity contribution is -0.139. The first-order valence-electron chi connectivity index (χ1n) is 17.7. The van der Waals surface area contributed by atoms with E-state index in [-0.39, 0.29) is 15.3 Å². The van der Waals surface area contributed by atoms with Crippen LogP contribution in [0.4, 0.5) is 0 Å². The van der Waals surface area contributed by atoms with E-state index in [1.165, 1.54) is 57.8 Å². The van der Waals surface area contributed by atoms with Crippen LogP contribution in [0.25, 0.3) is 0 Å². The Bertz CT molecular complexity index is 858. The van der Waals surface area contributed by atoms with Crippen LogP contribution < -0.4 is 11.1 Å². The number of carboxylic acids is 2. The van der Waals surface area contributed by atoms with E-state index >= 15 is 0 Å². The Balaban J connectivity index is 0.00000249. The molecule has 1 heterocycles. The number of nitrogens with one attached hydrogen (secondary N) is 1. The van der Waals surface area contributed by atoms with Crippen molar-refractivity contribution >= 4 is 92.1 Å². The smallest absolute Gasteiger partial charge is 0.320 e. The van der Waals surface area contributed by atoms with Crippen LogP contribution in [0.5, 0.6) is 0 Å². The predicted octanol–water partition coefficient (Wildman–Crippen LogP) is 8.58. The lowest BCUT2D eigenvalue weighted by Gasteiger charge is -2.08. The van der Waals surface area contributed by atoms with E-state index in [9.17, 15) is 19.2 Å². The highest BCUT2D eigenvalue weighted by Gasteiger charge is 2.43. The summed E-state index contributed by atoms with van der Waals surface area (Å²) in [5.74, 6) is -1.62. The molecule has 0 spiro atoms. The number of unbranched alkanes of at least 4 members (excludes halogenated alkanes) is 14. The Morgan fingerprint density at radius 2 is 1.22 bits per heavy atom. The second-order valence-corrected chi connectivity index (χ2v) is 20.1. The fourth-order valence-electron chi connectivity index (χ4n) is 4.66. The number of carboxylic acid groups (broad SMARTS) is 2. The van der Waals surface area contributed by atoms with Gasteiger partial charge in [-0.1, -0.05) is 98.6 Å². The van der Waals surface area contributed by atoms with Gasteiger partial charge in [-0.05, 0) is 60.1 Å². The van der Waals surface area contributed by atoms with Crippen molar-refractivity contribution in [3.63, 3.8) is 0 Å². The van der Waals surface area contributed by atoms with Gasteiger partial charge in [-0.3, -0.25) is 19.2 Å². The van der Waals surface area contributed by atoms with Crippen LogP contribution in [0.3, 0.4) is 0 Å². The Morgan fingerprint density at radius 1 is 0.714 bits per heavy atom. The molecule has 0 aliphatic carbocycles. The van der Waals surface area contributed by atoms with Gasteiger partial charge in [0.15, 0.2) is 2.74 Å². The number of ether oxygens (including phenoxy) is 2. The van der Waals surface area contributed by atoms with Crippen molar-refractivity contribution in [2.45, 2.75) is 144 Å². The Hall–Kier alpha value is 0.0600. The predicted molar refractivity (Wildman–Crippen MR) is 216 cm³/mol. The number of thiol groups is 2. The summed E-state index contributed by atoms with van der Waals surface area (Å²) >= 11 is 8.38. The lowest BCUT2D eigenvalue weighted by Crippen LogP contribution is -2.31. The number of aliphatic carboxylic acids is 2. The summed E-state index contributed by atoms with van der Waals surface area (Å²) in [5.41, 5.74) is 5.42. The molecule has 1 aliphatic rings. The van der Waals surface area contributed by atoms with Crippen molar-refractivity contribution in [3.8, 4) is 0 Å². The van der Waals surface area contributed by atoms with Crippen molar-refractivity contribution in [2.75, 3.05) is 38.1 Å². The quantitative estimate of drug-likeness (QED) is 0.0119. The zero-order valence-corrected chi connectivity index (χ0v) is 34.2. The average Bonchev–Trinajstić information content (AvgIpc) is 3.81. The van der Waals surface area contributed by atoms with E-state index in [4.69, 9.17) is 25.4 Å². The Morgan fingerprint density at radius 3 is 1.73 bits per heavy atom. The lowest BCUT2D eigenvalue weighted by atomic mass is 10.0. The van der Waals surface area contributed by atoms with E-state index in [0.29, 0.717) is 77.1 Å². The SMILES string of the molecule is N[C@@H](CCCCNC(=O)COCCOCCCC(=O)CCCCCCCCCCCCCCCCC(=O)O)C(=O)O.SCSSC1(S)SS1. The average molecular weight is 807 g/mol. The van der Waals surface area contributed by atoms with E-state index in [2.05, 4.69) is 30.6 Å². The molecule has 1 saturated heterocycles. The summed E-state index contributed by atoms with van der Waals surface area (Å²) in [6.07, 6.45) is 20.4. The van der Waals surface area contributed by atoms with Crippen LogP contribution >= 0.6 is 68.4 Å². The van der Waals surface area contributed by atoms with Crippen molar-refractivity contribution in [1.82, 2.24) is 5.32 Å². The van der Waals surface area contributed by atoms with Gasteiger partial charge in [0.1, 0.15) is 18.4 Å². The third-order valence-corrected chi connectivity index (χ3v) is 16.4. The zero-order chi connectivity index (χ0) is 36.4. The fourth-order valence-corrected chi connectivity index (χ4v) is 10.4. The molecule has 5 N–H and O–H groups in total. The van der Waals surface area contributed by atoms with Crippen LogP contribution in [-0.2, 0) is 28.7 Å². The van der Waals surface area contributed by atoms with Gasteiger partial charge in [-0.2, -0.15) is 12.6 Å². The highest BCUT2D eigenvalue weighted by atomic mass is 33.2. The largest absolute Gasteiger partial charge is 0.481 e. The van der Waals surface area contributed by atoms with E-state index < -0.39 is 18.0 Å². The number of nitrogens with two attached hydrogens (primary N) is 1. The van der Waals surface area contributed by atoms with Crippen LogP contribution in [0.1, 0.15) is 135 Å². The first kappa shape index (κ1) is 49.1. The number of carbonyl (C=O) groups excluding carboxylic acids is 2. The topological polar surface area (TPSA) is 165 Å². The van der Waals surface area contributed by atoms with Crippen LogP contribution in [0.2, 0.25) is 0 Å². The van der Waals surface area contributed by atoms with Crippen LogP contribution in [0.15, 0.2) is 0 Å². The molecule has 0 aromatic rings. The number of Topliss-reactive ketones (excluding diaryl/α,β-unsaturated/α-hetero) is 1. The number of ketones is 1. The summed E-state index contributed by atoms with van der Waals surface area (Å²) in [6, 6.07) is -0.855. The minimum absolute atomic E-state index is 0.0452.